The molecule has 2 N–H and O–H groups in total. The van der Waals surface area contributed by atoms with E-state index in [2.05, 4.69) is 5.32 Å². The standard InChI is InChI=1S/C14H17NO4/c1-2-9-15-13(16)10-19-12-6-4-3-5-11(12)7-8-14(17)18/h3-8H,2,9-10H2,1H3,(H,15,16)(H,17,18)/b8-7+. The molecule has 5 heteroatoms. The van der Waals surface area contributed by atoms with E-state index in [1.807, 2.05) is 6.92 Å². The first kappa shape index (κ1) is 14.8. The first-order valence-electron chi connectivity index (χ1n) is 6.03. The van der Waals surface area contributed by atoms with E-state index in [1.54, 1.807) is 24.3 Å². The van der Waals surface area contributed by atoms with Crippen molar-refractivity contribution in [3.8, 4) is 5.75 Å². The Morgan fingerprint density at radius 2 is 2.11 bits per heavy atom. The molecule has 1 amide bonds. The lowest BCUT2D eigenvalue weighted by atomic mass is 10.2. The smallest absolute Gasteiger partial charge is 0.328 e. The van der Waals surface area contributed by atoms with Gasteiger partial charge in [0.25, 0.3) is 5.91 Å². The molecule has 1 aromatic carbocycles. The number of carboxylic acids is 1. The Balaban J connectivity index is 2.62. The Hall–Kier alpha value is -2.30. The monoisotopic (exact) mass is 263 g/mol. The summed E-state index contributed by atoms with van der Waals surface area (Å²) in [6.45, 7) is 2.49. The molecule has 0 unspecified atom stereocenters. The number of aliphatic carboxylic acids is 1. The van der Waals surface area contributed by atoms with Gasteiger partial charge in [-0.25, -0.2) is 4.79 Å². The summed E-state index contributed by atoms with van der Waals surface area (Å²) in [5.74, 6) is -0.749. The third-order valence-corrected chi connectivity index (χ3v) is 2.26. The van der Waals surface area contributed by atoms with Crippen LogP contribution in [-0.2, 0) is 9.59 Å². The molecule has 0 spiro atoms. The van der Waals surface area contributed by atoms with Gasteiger partial charge in [0.15, 0.2) is 6.61 Å². The summed E-state index contributed by atoms with van der Waals surface area (Å²) in [5, 5.41) is 11.3. The van der Waals surface area contributed by atoms with Gasteiger partial charge in [-0.2, -0.15) is 0 Å². The molecule has 1 rings (SSSR count). The summed E-state index contributed by atoms with van der Waals surface area (Å²) >= 11 is 0. The zero-order valence-electron chi connectivity index (χ0n) is 10.8. The number of ether oxygens (including phenoxy) is 1. The van der Waals surface area contributed by atoms with E-state index in [-0.39, 0.29) is 12.5 Å². The quantitative estimate of drug-likeness (QED) is 0.734. The van der Waals surface area contributed by atoms with Gasteiger partial charge in [-0.3, -0.25) is 4.79 Å². The molecule has 0 saturated carbocycles. The van der Waals surface area contributed by atoms with Gasteiger partial charge in [0.05, 0.1) is 0 Å². The number of carbonyl (C=O) groups is 2. The van der Waals surface area contributed by atoms with E-state index in [9.17, 15) is 9.59 Å². The largest absolute Gasteiger partial charge is 0.483 e. The fourth-order valence-electron chi connectivity index (χ4n) is 1.37. The number of hydrogen-bond donors (Lipinski definition) is 2. The first-order chi connectivity index (χ1) is 9.13. The van der Waals surface area contributed by atoms with E-state index < -0.39 is 5.97 Å². The molecule has 0 bridgehead atoms. The van der Waals surface area contributed by atoms with Crippen molar-refractivity contribution in [3.63, 3.8) is 0 Å². The highest BCUT2D eigenvalue weighted by molar-refractivity contribution is 5.86. The van der Waals surface area contributed by atoms with Crippen LogP contribution in [0, 0.1) is 0 Å². The van der Waals surface area contributed by atoms with Crippen LogP contribution in [0.5, 0.6) is 5.75 Å². The maximum Gasteiger partial charge on any atom is 0.328 e. The summed E-state index contributed by atoms with van der Waals surface area (Å²) in [5.41, 5.74) is 0.619. The molecular weight excluding hydrogens is 246 g/mol. The number of rotatable bonds is 7. The van der Waals surface area contributed by atoms with Crippen molar-refractivity contribution in [1.29, 1.82) is 0 Å². The van der Waals surface area contributed by atoms with E-state index in [1.165, 1.54) is 6.08 Å². The van der Waals surface area contributed by atoms with Crippen molar-refractivity contribution in [2.45, 2.75) is 13.3 Å². The zero-order valence-corrected chi connectivity index (χ0v) is 10.8. The van der Waals surface area contributed by atoms with Gasteiger partial charge in [-0.05, 0) is 18.6 Å². The Morgan fingerprint density at radius 3 is 2.79 bits per heavy atom. The van der Waals surface area contributed by atoms with E-state index in [4.69, 9.17) is 9.84 Å². The van der Waals surface area contributed by atoms with Gasteiger partial charge in [-0.15, -0.1) is 0 Å². The SMILES string of the molecule is CCCNC(=O)COc1ccccc1/C=C/C(=O)O. The normalized spacial score (nSPS) is 10.4. The van der Waals surface area contributed by atoms with Crippen molar-refractivity contribution in [1.82, 2.24) is 5.32 Å². The molecule has 0 aliphatic rings. The highest BCUT2D eigenvalue weighted by Crippen LogP contribution is 2.19. The molecule has 0 fully saturated rings. The predicted molar refractivity (Wildman–Crippen MR) is 71.9 cm³/mol. The minimum Gasteiger partial charge on any atom is -0.483 e. The van der Waals surface area contributed by atoms with E-state index >= 15 is 0 Å². The van der Waals surface area contributed by atoms with Crippen LogP contribution in [0.2, 0.25) is 0 Å². The molecular formula is C14H17NO4. The number of nitrogens with one attached hydrogen (secondary N) is 1. The minimum atomic E-state index is -1.03. The van der Waals surface area contributed by atoms with Gasteiger partial charge in [0, 0.05) is 18.2 Å². The van der Waals surface area contributed by atoms with Crippen LogP contribution in [0.3, 0.4) is 0 Å². The average molecular weight is 263 g/mol. The van der Waals surface area contributed by atoms with E-state index in [0.717, 1.165) is 12.5 Å². The predicted octanol–water partition coefficient (Wildman–Crippen LogP) is 1.69. The topological polar surface area (TPSA) is 75.6 Å². The maximum absolute atomic E-state index is 11.4. The molecule has 102 valence electrons. The Bertz CT molecular complexity index is 468. The van der Waals surface area contributed by atoms with Crippen molar-refractivity contribution in [3.05, 3.63) is 35.9 Å². The highest BCUT2D eigenvalue weighted by atomic mass is 16.5. The molecule has 19 heavy (non-hydrogen) atoms. The molecule has 5 nitrogen and oxygen atoms in total. The molecule has 0 heterocycles. The second-order valence-electron chi connectivity index (χ2n) is 3.85. The first-order valence-corrected chi connectivity index (χ1v) is 6.03. The minimum absolute atomic E-state index is 0.0854. The third-order valence-electron chi connectivity index (χ3n) is 2.26. The van der Waals surface area contributed by atoms with E-state index in [0.29, 0.717) is 17.9 Å². The lowest BCUT2D eigenvalue weighted by Crippen LogP contribution is -2.29. The van der Waals surface area contributed by atoms with Gasteiger partial charge in [0.1, 0.15) is 5.75 Å². The van der Waals surface area contributed by atoms with Crippen LogP contribution in [0.25, 0.3) is 6.08 Å². The van der Waals surface area contributed by atoms with Crippen molar-refractivity contribution < 1.29 is 19.4 Å². The van der Waals surface area contributed by atoms with Crippen LogP contribution < -0.4 is 10.1 Å². The molecule has 1 aromatic rings. The molecule has 0 saturated heterocycles. The van der Waals surface area contributed by atoms with Crippen LogP contribution in [0.1, 0.15) is 18.9 Å². The lowest BCUT2D eigenvalue weighted by molar-refractivity contribution is -0.131. The maximum atomic E-state index is 11.4. The fourth-order valence-corrected chi connectivity index (χ4v) is 1.37. The van der Waals surface area contributed by atoms with Crippen molar-refractivity contribution in [2.75, 3.05) is 13.2 Å². The van der Waals surface area contributed by atoms with Crippen LogP contribution >= 0.6 is 0 Å². The summed E-state index contributed by atoms with van der Waals surface area (Å²) in [6.07, 6.45) is 3.32. The lowest BCUT2D eigenvalue weighted by Gasteiger charge is -2.09. The molecule has 0 radical (unpaired) electrons. The van der Waals surface area contributed by atoms with Crippen LogP contribution in [0.15, 0.2) is 30.3 Å². The molecule has 0 aromatic heterocycles. The number of carboxylic acid groups (broad SMARTS) is 1. The molecule has 0 aliphatic heterocycles. The number of benzene rings is 1. The second kappa shape index (κ2) is 7.92. The van der Waals surface area contributed by atoms with Gasteiger partial charge < -0.3 is 15.2 Å². The summed E-state index contributed by atoms with van der Waals surface area (Å²) in [4.78, 5) is 21.9. The number of para-hydroxylation sites is 1. The second-order valence-corrected chi connectivity index (χ2v) is 3.85. The number of carbonyl (C=O) groups excluding carboxylic acids is 1. The van der Waals surface area contributed by atoms with Crippen molar-refractivity contribution in [2.24, 2.45) is 0 Å². The number of hydrogen-bond acceptors (Lipinski definition) is 3. The van der Waals surface area contributed by atoms with Crippen LogP contribution in [-0.4, -0.2) is 30.1 Å². The van der Waals surface area contributed by atoms with Gasteiger partial charge in [-0.1, -0.05) is 25.1 Å². The molecule has 0 atom stereocenters. The fraction of sp³-hybridized carbons (Fsp3) is 0.286. The summed E-state index contributed by atoms with van der Waals surface area (Å²) in [7, 11) is 0. The summed E-state index contributed by atoms with van der Waals surface area (Å²) in [6, 6.07) is 6.94. The van der Waals surface area contributed by atoms with Crippen molar-refractivity contribution >= 4 is 18.0 Å². The Kier molecular flexibility index (Phi) is 6.15. The Labute approximate surface area is 111 Å². The number of amides is 1. The molecule has 0 aliphatic carbocycles. The van der Waals surface area contributed by atoms with Gasteiger partial charge in [0.2, 0.25) is 0 Å². The van der Waals surface area contributed by atoms with Crippen LogP contribution in [0.4, 0.5) is 0 Å². The third kappa shape index (κ3) is 5.72. The Morgan fingerprint density at radius 1 is 1.37 bits per heavy atom. The summed E-state index contributed by atoms with van der Waals surface area (Å²) < 4.78 is 5.37. The zero-order chi connectivity index (χ0) is 14.1. The highest BCUT2D eigenvalue weighted by Gasteiger charge is 2.04. The van der Waals surface area contributed by atoms with Gasteiger partial charge >= 0.3 is 5.97 Å². The average Bonchev–Trinajstić information content (AvgIpc) is 2.41.